The Morgan fingerprint density at radius 3 is 2.72 bits per heavy atom. The highest BCUT2D eigenvalue weighted by Crippen LogP contribution is 2.33. The standard InChI is InChI=1S/C23H29N3O3/c1-3-21(9-5-6-13-24)10-15-25-16-11-23(12-17-25)19-26(14-7-4-8-18-27)22(28)20(2)29-23/h3-9,14,18,20H,1,10-12,15-17,19H2,2H3/b6-5+,8-4-,14-7+,21-9+. The van der Waals surface area contributed by atoms with E-state index in [1.807, 2.05) is 18.2 Å². The molecule has 0 aromatic rings. The van der Waals surface area contributed by atoms with Gasteiger partial charge in [-0.15, -0.1) is 0 Å². The van der Waals surface area contributed by atoms with Crippen LogP contribution in [0.3, 0.4) is 0 Å². The van der Waals surface area contributed by atoms with Crippen LogP contribution in [0.4, 0.5) is 0 Å². The largest absolute Gasteiger partial charge is 0.360 e. The van der Waals surface area contributed by atoms with Crippen molar-refractivity contribution in [1.82, 2.24) is 9.80 Å². The van der Waals surface area contributed by atoms with Gasteiger partial charge in [-0.2, -0.15) is 5.26 Å². The number of aldehydes is 1. The van der Waals surface area contributed by atoms with Crippen LogP contribution in [0.2, 0.25) is 0 Å². The van der Waals surface area contributed by atoms with Crippen LogP contribution in [0.25, 0.3) is 0 Å². The van der Waals surface area contributed by atoms with Crippen molar-refractivity contribution < 1.29 is 14.3 Å². The molecule has 0 aromatic heterocycles. The number of ether oxygens (including phenoxy) is 1. The number of nitriles is 1. The molecule has 0 N–H and O–H groups in total. The normalized spacial score (nSPS) is 23.3. The summed E-state index contributed by atoms with van der Waals surface area (Å²) in [5.74, 6) is -0.0556. The SMILES string of the molecule is C=C/C(=C\C=C\C#N)CCN1CCC2(CC1)CN(/C=C/C=C\C=O)C(=O)C(C)O2. The van der Waals surface area contributed by atoms with Gasteiger partial charge in [0.2, 0.25) is 0 Å². The lowest BCUT2D eigenvalue weighted by molar-refractivity contribution is -0.184. The second-order valence-electron chi connectivity index (χ2n) is 7.30. The minimum Gasteiger partial charge on any atom is -0.360 e. The fourth-order valence-electron chi connectivity index (χ4n) is 3.69. The number of hydrogen-bond donors (Lipinski definition) is 0. The predicted molar refractivity (Wildman–Crippen MR) is 113 cm³/mol. The zero-order valence-electron chi connectivity index (χ0n) is 17.0. The van der Waals surface area contributed by atoms with E-state index in [0.29, 0.717) is 12.8 Å². The number of morpholine rings is 1. The lowest BCUT2D eigenvalue weighted by Crippen LogP contribution is -2.60. The molecule has 154 valence electrons. The highest BCUT2D eigenvalue weighted by molar-refractivity contribution is 5.82. The quantitative estimate of drug-likeness (QED) is 0.273. The van der Waals surface area contributed by atoms with E-state index in [1.54, 1.807) is 36.3 Å². The summed E-state index contributed by atoms with van der Waals surface area (Å²) in [6.07, 6.45) is 16.2. The monoisotopic (exact) mass is 395 g/mol. The van der Waals surface area contributed by atoms with Crippen LogP contribution in [-0.4, -0.2) is 59.9 Å². The molecule has 6 nitrogen and oxygen atoms in total. The number of likely N-dealkylation sites (tertiary alicyclic amines) is 1. The number of piperidine rings is 1. The molecule has 1 atom stereocenters. The first-order valence-electron chi connectivity index (χ1n) is 9.90. The lowest BCUT2D eigenvalue weighted by atomic mass is 9.88. The minimum absolute atomic E-state index is 0.0556. The van der Waals surface area contributed by atoms with Gasteiger partial charge in [0.25, 0.3) is 5.91 Å². The number of nitrogens with zero attached hydrogens (tertiary/aromatic N) is 3. The van der Waals surface area contributed by atoms with Crippen LogP contribution < -0.4 is 0 Å². The minimum atomic E-state index is -0.475. The molecule has 2 rings (SSSR count). The van der Waals surface area contributed by atoms with E-state index in [4.69, 9.17) is 10.00 Å². The number of carbonyl (C=O) groups excluding carboxylic acids is 2. The molecule has 2 aliphatic rings. The second kappa shape index (κ2) is 11.3. The van der Waals surface area contributed by atoms with Crippen molar-refractivity contribution in [3.63, 3.8) is 0 Å². The average Bonchev–Trinajstić information content (AvgIpc) is 2.73. The van der Waals surface area contributed by atoms with E-state index in [-0.39, 0.29) is 11.5 Å². The maximum Gasteiger partial charge on any atom is 0.255 e. The summed E-state index contributed by atoms with van der Waals surface area (Å²) < 4.78 is 6.15. The Hall–Kier alpha value is -2.75. The second-order valence-corrected chi connectivity index (χ2v) is 7.30. The highest BCUT2D eigenvalue weighted by atomic mass is 16.5. The molecule has 1 spiro atoms. The predicted octanol–water partition coefficient (Wildman–Crippen LogP) is 2.92. The molecule has 0 saturated carbocycles. The van der Waals surface area contributed by atoms with Crippen LogP contribution in [-0.2, 0) is 14.3 Å². The smallest absolute Gasteiger partial charge is 0.255 e. The fraction of sp³-hybridized carbons (Fsp3) is 0.435. The molecule has 0 radical (unpaired) electrons. The first kappa shape index (κ1) is 22.5. The van der Waals surface area contributed by atoms with Gasteiger partial charge in [-0.1, -0.05) is 30.9 Å². The summed E-state index contributed by atoms with van der Waals surface area (Å²) in [5, 5.41) is 8.57. The summed E-state index contributed by atoms with van der Waals surface area (Å²) in [6.45, 7) is 8.90. The Morgan fingerprint density at radius 2 is 2.07 bits per heavy atom. The number of amides is 1. The Morgan fingerprint density at radius 1 is 1.31 bits per heavy atom. The van der Waals surface area contributed by atoms with Gasteiger partial charge in [0.05, 0.1) is 18.2 Å². The van der Waals surface area contributed by atoms with Gasteiger partial charge in [0, 0.05) is 31.9 Å². The van der Waals surface area contributed by atoms with Gasteiger partial charge in [0.1, 0.15) is 12.4 Å². The van der Waals surface area contributed by atoms with E-state index in [2.05, 4.69) is 11.5 Å². The number of hydrogen-bond acceptors (Lipinski definition) is 5. The van der Waals surface area contributed by atoms with Crippen LogP contribution in [0.15, 0.2) is 60.9 Å². The third-order valence-corrected chi connectivity index (χ3v) is 5.31. The van der Waals surface area contributed by atoms with E-state index in [9.17, 15) is 9.59 Å². The molecule has 1 amide bonds. The van der Waals surface area contributed by atoms with Crippen LogP contribution >= 0.6 is 0 Å². The molecule has 2 saturated heterocycles. The molecule has 1 unspecified atom stereocenters. The van der Waals surface area contributed by atoms with Crippen LogP contribution in [0.1, 0.15) is 26.2 Å². The maximum atomic E-state index is 12.4. The third-order valence-electron chi connectivity index (χ3n) is 5.31. The summed E-state index contributed by atoms with van der Waals surface area (Å²) in [7, 11) is 0. The number of rotatable bonds is 8. The zero-order chi connectivity index (χ0) is 21.1. The Bertz CT molecular complexity index is 750. The highest BCUT2D eigenvalue weighted by Gasteiger charge is 2.44. The molecule has 2 fully saturated rings. The van der Waals surface area contributed by atoms with Gasteiger partial charge in [-0.25, -0.2) is 0 Å². The fourth-order valence-corrected chi connectivity index (χ4v) is 3.69. The Kier molecular flexibility index (Phi) is 8.78. The van der Waals surface area contributed by atoms with Crippen molar-refractivity contribution in [2.45, 2.75) is 37.9 Å². The third kappa shape index (κ3) is 6.67. The van der Waals surface area contributed by atoms with Gasteiger partial charge < -0.3 is 14.5 Å². The Labute approximate surface area is 173 Å². The molecule has 0 bridgehead atoms. The van der Waals surface area contributed by atoms with Crippen molar-refractivity contribution in [3.05, 3.63) is 60.9 Å². The summed E-state index contributed by atoms with van der Waals surface area (Å²) in [5.41, 5.74) is 0.777. The van der Waals surface area contributed by atoms with E-state index in [1.165, 1.54) is 12.2 Å². The van der Waals surface area contributed by atoms with Gasteiger partial charge >= 0.3 is 0 Å². The van der Waals surface area contributed by atoms with Crippen molar-refractivity contribution in [2.75, 3.05) is 26.2 Å². The first-order chi connectivity index (χ1) is 14.0. The summed E-state index contributed by atoms with van der Waals surface area (Å²) >= 11 is 0. The zero-order valence-corrected chi connectivity index (χ0v) is 17.0. The van der Waals surface area contributed by atoms with Crippen molar-refractivity contribution in [1.29, 1.82) is 5.26 Å². The van der Waals surface area contributed by atoms with Crippen LogP contribution in [0, 0.1) is 11.3 Å². The Balaban J connectivity index is 1.92. The van der Waals surface area contributed by atoms with Gasteiger partial charge in [-0.3, -0.25) is 9.59 Å². The molecular weight excluding hydrogens is 366 g/mol. The molecular formula is C23H29N3O3. The summed E-state index contributed by atoms with van der Waals surface area (Å²) in [6, 6.07) is 1.98. The van der Waals surface area contributed by atoms with E-state index in [0.717, 1.165) is 44.5 Å². The first-order valence-corrected chi connectivity index (χ1v) is 9.90. The molecule has 6 heteroatoms. The maximum absolute atomic E-state index is 12.4. The lowest BCUT2D eigenvalue weighted by Gasteiger charge is -2.48. The van der Waals surface area contributed by atoms with E-state index >= 15 is 0 Å². The van der Waals surface area contributed by atoms with Crippen LogP contribution in [0.5, 0.6) is 0 Å². The van der Waals surface area contributed by atoms with Crippen molar-refractivity contribution in [2.24, 2.45) is 0 Å². The van der Waals surface area contributed by atoms with Gasteiger partial charge in [0.15, 0.2) is 0 Å². The topological polar surface area (TPSA) is 73.6 Å². The molecule has 0 aromatic carbocycles. The van der Waals surface area contributed by atoms with Gasteiger partial charge in [-0.05, 0) is 43.9 Å². The molecule has 0 aliphatic carbocycles. The average molecular weight is 396 g/mol. The van der Waals surface area contributed by atoms with Crippen molar-refractivity contribution >= 4 is 12.2 Å². The molecule has 2 heterocycles. The number of allylic oxidation sites excluding steroid dienone is 7. The summed E-state index contributed by atoms with van der Waals surface area (Å²) in [4.78, 5) is 26.9. The molecule has 29 heavy (non-hydrogen) atoms. The van der Waals surface area contributed by atoms with E-state index < -0.39 is 6.10 Å². The molecule has 2 aliphatic heterocycles. The van der Waals surface area contributed by atoms with Crippen molar-refractivity contribution in [3.8, 4) is 6.07 Å². The number of carbonyl (C=O) groups is 2.